The molecule has 36 heavy (non-hydrogen) atoms. The molecule has 2 saturated carbocycles. The predicted octanol–water partition coefficient (Wildman–Crippen LogP) is 4.68. The second kappa shape index (κ2) is 8.81. The Labute approximate surface area is 214 Å². The molecule has 1 aliphatic heterocycles. The summed E-state index contributed by atoms with van der Waals surface area (Å²) in [4.78, 5) is 11.8. The van der Waals surface area contributed by atoms with Crippen molar-refractivity contribution in [2.45, 2.75) is 76.2 Å². The molecule has 0 radical (unpaired) electrons. The first-order valence-electron chi connectivity index (χ1n) is 13.3. The lowest BCUT2D eigenvalue weighted by Crippen LogP contribution is -2.52. The Morgan fingerprint density at radius 2 is 1.92 bits per heavy atom. The molecule has 2 aliphatic carbocycles. The van der Waals surface area contributed by atoms with Crippen molar-refractivity contribution in [2.24, 2.45) is 0 Å². The highest BCUT2D eigenvalue weighted by Crippen LogP contribution is 2.41. The Bertz CT molecular complexity index is 1260. The van der Waals surface area contributed by atoms with Gasteiger partial charge in [-0.3, -0.25) is 0 Å². The molecule has 0 amide bonds. The largest absolute Gasteiger partial charge is 0.488 e. The number of piperazine rings is 1. The van der Waals surface area contributed by atoms with E-state index in [1.54, 1.807) is 6.33 Å². The SMILES string of the molecule is CC1(Oc2ccc3nn(COCC[Si](C)(C)C)c(-c4cc(N5CCNC6(CC6)C5)ncn4)c3c2)CC1. The van der Waals surface area contributed by atoms with Gasteiger partial charge in [-0.25, -0.2) is 14.6 Å². The number of nitrogens with one attached hydrogen (secondary N) is 1. The quantitative estimate of drug-likeness (QED) is 0.334. The Kier molecular flexibility index (Phi) is 5.85. The Morgan fingerprint density at radius 1 is 1.08 bits per heavy atom. The molecule has 192 valence electrons. The number of fused-ring (bicyclic) bond motifs is 1. The van der Waals surface area contributed by atoms with Crippen molar-refractivity contribution in [3.05, 3.63) is 30.6 Å². The Balaban J connectivity index is 1.34. The van der Waals surface area contributed by atoms with Crippen molar-refractivity contribution in [3.63, 3.8) is 0 Å². The van der Waals surface area contributed by atoms with Gasteiger partial charge in [0.25, 0.3) is 0 Å². The van der Waals surface area contributed by atoms with E-state index in [1.807, 2.05) is 16.8 Å². The van der Waals surface area contributed by atoms with Crippen LogP contribution in [0, 0.1) is 0 Å². The van der Waals surface area contributed by atoms with Gasteiger partial charge in [-0.2, -0.15) is 5.10 Å². The van der Waals surface area contributed by atoms with Crippen LogP contribution in [0.2, 0.25) is 25.7 Å². The van der Waals surface area contributed by atoms with Crippen molar-refractivity contribution < 1.29 is 9.47 Å². The van der Waals surface area contributed by atoms with Crippen LogP contribution in [0.5, 0.6) is 5.75 Å². The number of nitrogens with zero attached hydrogens (tertiary/aromatic N) is 5. The fourth-order valence-electron chi connectivity index (χ4n) is 4.92. The Hall–Kier alpha value is -2.49. The van der Waals surface area contributed by atoms with Crippen molar-refractivity contribution in [2.75, 3.05) is 31.1 Å². The molecule has 0 atom stereocenters. The highest BCUT2D eigenvalue weighted by molar-refractivity contribution is 6.76. The normalized spacial score (nSPS) is 20.2. The smallest absolute Gasteiger partial charge is 0.140 e. The lowest BCUT2D eigenvalue weighted by atomic mass is 10.1. The molecule has 9 heteroatoms. The van der Waals surface area contributed by atoms with Gasteiger partial charge in [0.15, 0.2) is 0 Å². The number of hydrogen-bond acceptors (Lipinski definition) is 7. The molecule has 0 bridgehead atoms. The molecule has 1 spiro atoms. The average molecular weight is 507 g/mol. The fraction of sp³-hybridized carbons (Fsp3) is 0.593. The van der Waals surface area contributed by atoms with Crippen LogP contribution in [0.3, 0.4) is 0 Å². The zero-order chi connectivity index (χ0) is 25.0. The number of rotatable bonds is 9. The maximum Gasteiger partial charge on any atom is 0.140 e. The molecule has 6 rings (SSSR count). The highest BCUT2D eigenvalue weighted by atomic mass is 28.3. The number of aromatic nitrogens is 4. The van der Waals surface area contributed by atoms with Crippen LogP contribution in [0.25, 0.3) is 22.3 Å². The summed E-state index contributed by atoms with van der Waals surface area (Å²) in [6.45, 7) is 13.4. The minimum atomic E-state index is -1.17. The number of ether oxygens (including phenoxy) is 2. The van der Waals surface area contributed by atoms with Crippen LogP contribution in [-0.4, -0.2) is 65.2 Å². The van der Waals surface area contributed by atoms with Gasteiger partial charge in [-0.05, 0) is 56.9 Å². The standard InChI is InChI=1S/C27H38N6O2Si/c1-26(7-8-26)35-20-5-6-22-21(15-20)25(33(31-22)19-34-13-14-36(2,3)4)23-16-24(29-18-28-23)32-12-11-30-27(17-32)9-10-27/h5-6,15-16,18,30H,7-14,17,19H2,1-4H3. The van der Waals surface area contributed by atoms with Gasteiger partial charge in [0, 0.05) is 51.3 Å². The molecule has 3 aliphatic rings. The predicted molar refractivity (Wildman–Crippen MR) is 145 cm³/mol. The maximum atomic E-state index is 6.29. The van der Waals surface area contributed by atoms with Gasteiger partial charge in [0.2, 0.25) is 0 Å². The molecule has 3 aromatic rings. The summed E-state index contributed by atoms with van der Waals surface area (Å²) in [6.07, 6.45) is 6.38. The van der Waals surface area contributed by atoms with E-state index >= 15 is 0 Å². The van der Waals surface area contributed by atoms with Crippen LogP contribution in [0.4, 0.5) is 5.82 Å². The summed E-state index contributed by atoms with van der Waals surface area (Å²) in [6, 6.07) is 9.44. The molecular formula is C27H38N6O2Si. The van der Waals surface area contributed by atoms with Gasteiger partial charge in [0.1, 0.15) is 30.2 Å². The second-order valence-electron chi connectivity index (χ2n) is 12.3. The highest BCUT2D eigenvalue weighted by Gasteiger charge is 2.45. The van der Waals surface area contributed by atoms with Crippen LogP contribution in [0.1, 0.15) is 32.6 Å². The monoisotopic (exact) mass is 506 g/mol. The maximum absolute atomic E-state index is 6.29. The van der Waals surface area contributed by atoms with Crippen LogP contribution >= 0.6 is 0 Å². The van der Waals surface area contributed by atoms with Crippen LogP contribution in [0.15, 0.2) is 30.6 Å². The molecule has 2 aromatic heterocycles. The molecular weight excluding hydrogens is 468 g/mol. The zero-order valence-corrected chi connectivity index (χ0v) is 23.0. The van der Waals surface area contributed by atoms with Gasteiger partial charge in [-0.15, -0.1) is 0 Å². The van der Waals surface area contributed by atoms with E-state index in [0.29, 0.717) is 6.73 Å². The summed E-state index contributed by atoms with van der Waals surface area (Å²) < 4.78 is 14.4. The first-order valence-corrected chi connectivity index (χ1v) is 17.0. The summed E-state index contributed by atoms with van der Waals surface area (Å²) in [5.74, 6) is 1.86. The summed E-state index contributed by atoms with van der Waals surface area (Å²) in [5, 5.41) is 9.64. The first-order chi connectivity index (χ1) is 17.2. The van der Waals surface area contributed by atoms with Crippen molar-refractivity contribution >= 4 is 24.8 Å². The van der Waals surface area contributed by atoms with Crippen LogP contribution in [-0.2, 0) is 11.5 Å². The third-order valence-corrected chi connectivity index (χ3v) is 9.39. The molecule has 1 N–H and O–H groups in total. The van der Waals surface area contributed by atoms with E-state index in [2.05, 4.69) is 53.9 Å². The van der Waals surface area contributed by atoms with E-state index in [-0.39, 0.29) is 11.1 Å². The van der Waals surface area contributed by atoms with E-state index in [0.717, 1.165) is 79.0 Å². The van der Waals surface area contributed by atoms with E-state index in [4.69, 9.17) is 19.6 Å². The number of anilines is 1. The summed E-state index contributed by atoms with van der Waals surface area (Å²) in [5.41, 5.74) is 3.00. The molecule has 3 heterocycles. The van der Waals surface area contributed by atoms with Gasteiger partial charge in [0.05, 0.1) is 16.9 Å². The molecule has 3 fully saturated rings. The van der Waals surface area contributed by atoms with Crippen molar-refractivity contribution in [1.29, 1.82) is 0 Å². The lowest BCUT2D eigenvalue weighted by Gasteiger charge is -2.34. The molecule has 0 unspecified atom stereocenters. The van der Waals surface area contributed by atoms with Crippen molar-refractivity contribution in [3.8, 4) is 17.1 Å². The van der Waals surface area contributed by atoms with Crippen molar-refractivity contribution in [1.82, 2.24) is 25.1 Å². The van der Waals surface area contributed by atoms with Gasteiger partial charge >= 0.3 is 0 Å². The average Bonchev–Trinajstić information content (AvgIpc) is 3.73. The minimum Gasteiger partial charge on any atom is -0.488 e. The van der Waals surface area contributed by atoms with Crippen LogP contribution < -0.4 is 15.0 Å². The van der Waals surface area contributed by atoms with E-state index in [9.17, 15) is 0 Å². The molecule has 1 aromatic carbocycles. The van der Waals surface area contributed by atoms with Gasteiger partial charge < -0.3 is 19.7 Å². The topological polar surface area (TPSA) is 77.3 Å². The second-order valence-corrected chi connectivity index (χ2v) is 17.9. The molecule has 8 nitrogen and oxygen atoms in total. The zero-order valence-electron chi connectivity index (χ0n) is 22.0. The Morgan fingerprint density at radius 3 is 2.67 bits per heavy atom. The number of benzene rings is 1. The third kappa shape index (κ3) is 5.14. The molecule has 1 saturated heterocycles. The van der Waals surface area contributed by atoms with E-state index in [1.165, 1.54) is 12.8 Å². The fourth-order valence-corrected chi connectivity index (χ4v) is 5.67. The minimum absolute atomic E-state index is 0.0348. The summed E-state index contributed by atoms with van der Waals surface area (Å²) >= 11 is 0. The lowest BCUT2D eigenvalue weighted by molar-refractivity contribution is 0.0802. The summed E-state index contributed by atoms with van der Waals surface area (Å²) in [7, 11) is -1.17. The third-order valence-electron chi connectivity index (χ3n) is 7.69. The van der Waals surface area contributed by atoms with Gasteiger partial charge in [-0.1, -0.05) is 19.6 Å². The van der Waals surface area contributed by atoms with E-state index < -0.39 is 8.07 Å². The first kappa shape index (κ1) is 23.9. The number of hydrogen-bond donors (Lipinski definition) is 1.